The summed E-state index contributed by atoms with van der Waals surface area (Å²) in [6.45, 7) is 8.82. The van der Waals surface area contributed by atoms with Crippen LogP contribution < -0.4 is 0 Å². The van der Waals surface area contributed by atoms with Crippen LogP contribution in [0.5, 0.6) is 0 Å². The van der Waals surface area contributed by atoms with Gasteiger partial charge in [0.15, 0.2) is 0 Å². The van der Waals surface area contributed by atoms with Crippen molar-refractivity contribution in [2.45, 2.75) is 58.4 Å². The molecule has 104 valence electrons. The lowest BCUT2D eigenvalue weighted by atomic mass is 10.1. The van der Waals surface area contributed by atoms with E-state index in [1.54, 1.807) is 0 Å². The normalized spacial score (nSPS) is 29.3. The molecule has 2 aliphatic rings. The Bertz CT molecular complexity index is 455. The fraction of sp³-hybridized carbons (Fsp3) is 0.600. The van der Waals surface area contributed by atoms with Crippen LogP contribution in [0.15, 0.2) is 24.3 Å². The first kappa shape index (κ1) is 13.5. The van der Waals surface area contributed by atoms with E-state index in [0.29, 0.717) is 12.1 Å². The minimum atomic E-state index is -0.912. The third-order valence-corrected chi connectivity index (χ3v) is 5.96. The molecule has 0 amide bonds. The van der Waals surface area contributed by atoms with Gasteiger partial charge in [-0.3, -0.25) is 0 Å². The highest BCUT2D eigenvalue weighted by Crippen LogP contribution is 2.60. The Labute approximate surface area is 116 Å². The monoisotopic (exact) mass is 279 g/mol. The lowest BCUT2D eigenvalue weighted by Crippen LogP contribution is -2.32. The van der Waals surface area contributed by atoms with Crippen molar-refractivity contribution in [1.29, 1.82) is 0 Å². The van der Waals surface area contributed by atoms with Crippen LogP contribution >= 0.6 is 8.53 Å². The number of benzene rings is 1. The molecule has 19 heavy (non-hydrogen) atoms. The van der Waals surface area contributed by atoms with Gasteiger partial charge in [-0.1, -0.05) is 24.3 Å². The molecule has 1 fully saturated rings. The average Bonchev–Trinajstić information content (AvgIpc) is 2.85. The molecule has 1 aliphatic heterocycles. The molecule has 2 unspecified atom stereocenters. The number of hydrogen-bond acceptors (Lipinski definition) is 3. The molecule has 3 nitrogen and oxygen atoms in total. The van der Waals surface area contributed by atoms with Gasteiger partial charge in [-0.05, 0) is 38.8 Å². The molecule has 0 N–H and O–H groups in total. The van der Waals surface area contributed by atoms with Crippen LogP contribution in [-0.2, 0) is 15.5 Å². The molecule has 3 rings (SSSR count). The summed E-state index contributed by atoms with van der Waals surface area (Å²) in [5, 5.41) is 0. The van der Waals surface area contributed by atoms with E-state index < -0.39 is 8.53 Å². The molecule has 0 spiro atoms. The molecule has 0 aromatic heterocycles. The molecular weight excluding hydrogens is 257 g/mol. The fourth-order valence-electron chi connectivity index (χ4n) is 3.06. The van der Waals surface area contributed by atoms with Crippen molar-refractivity contribution in [3.8, 4) is 0 Å². The maximum atomic E-state index is 6.27. The highest BCUT2D eigenvalue weighted by atomic mass is 31.2. The molecule has 4 heteroatoms. The zero-order valence-electron chi connectivity index (χ0n) is 12.0. The van der Waals surface area contributed by atoms with Crippen LogP contribution in [0.1, 0.15) is 44.9 Å². The van der Waals surface area contributed by atoms with Gasteiger partial charge in [0.05, 0.1) is 0 Å². The van der Waals surface area contributed by atoms with Crippen molar-refractivity contribution in [2.75, 3.05) is 0 Å². The van der Waals surface area contributed by atoms with Gasteiger partial charge in [0.2, 0.25) is 0 Å². The van der Waals surface area contributed by atoms with Crippen molar-refractivity contribution in [2.24, 2.45) is 0 Å². The van der Waals surface area contributed by atoms with Crippen molar-refractivity contribution >= 4 is 8.53 Å². The first-order chi connectivity index (χ1) is 9.08. The highest BCUT2D eigenvalue weighted by molar-refractivity contribution is 7.44. The number of hydrogen-bond donors (Lipinski definition) is 0. The minimum Gasteiger partial charge on any atom is -0.315 e. The van der Waals surface area contributed by atoms with Crippen LogP contribution in [0.4, 0.5) is 0 Å². The van der Waals surface area contributed by atoms with Crippen LogP contribution in [-0.4, -0.2) is 22.9 Å². The van der Waals surface area contributed by atoms with E-state index in [0.717, 1.165) is 6.42 Å². The minimum absolute atomic E-state index is 0.141. The van der Waals surface area contributed by atoms with Gasteiger partial charge in [-0.15, -0.1) is 0 Å². The number of nitrogens with zero attached hydrogens (tertiary/aromatic N) is 1. The molecule has 0 saturated carbocycles. The summed E-state index contributed by atoms with van der Waals surface area (Å²) in [4.78, 5) is 0. The number of fused-ring (bicyclic) bond motifs is 3. The zero-order chi connectivity index (χ0) is 13.6. The van der Waals surface area contributed by atoms with E-state index >= 15 is 0 Å². The van der Waals surface area contributed by atoms with Gasteiger partial charge in [0.1, 0.15) is 12.2 Å². The summed E-state index contributed by atoms with van der Waals surface area (Å²) >= 11 is 0. The molecule has 1 aromatic carbocycles. The molecule has 1 aromatic rings. The third kappa shape index (κ3) is 2.34. The maximum Gasteiger partial charge on any atom is 0.260 e. The molecule has 0 radical (unpaired) electrons. The summed E-state index contributed by atoms with van der Waals surface area (Å²) in [7, 11) is -0.912. The van der Waals surface area contributed by atoms with E-state index in [9.17, 15) is 0 Å². The lowest BCUT2D eigenvalue weighted by Gasteiger charge is -2.33. The van der Waals surface area contributed by atoms with Gasteiger partial charge in [0.25, 0.3) is 8.53 Å². The largest absolute Gasteiger partial charge is 0.315 e. The molecule has 1 heterocycles. The second kappa shape index (κ2) is 5.14. The van der Waals surface area contributed by atoms with Crippen molar-refractivity contribution in [3.63, 3.8) is 0 Å². The average molecular weight is 279 g/mol. The van der Waals surface area contributed by atoms with Crippen LogP contribution in [0.25, 0.3) is 0 Å². The summed E-state index contributed by atoms with van der Waals surface area (Å²) in [5.41, 5.74) is 2.71. The predicted octanol–water partition coefficient (Wildman–Crippen LogP) is 4.04. The smallest absolute Gasteiger partial charge is 0.260 e. The van der Waals surface area contributed by atoms with Gasteiger partial charge in [0, 0.05) is 18.5 Å². The molecule has 0 bridgehead atoms. The van der Waals surface area contributed by atoms with Crippen molar-refractivity contribution < 1.29 is 9.05 Å². The topological polar surface area (TPSA) is 21.7 Å². The van der Waals surface area contributed by atoms with E-state index in [1.165, 1.54) is 11.1 Å². The second-order valence-electron chi connectivity index (χ2n) is 5.88. The van der Waals surface area contributed by atoms with Gasteiger partial charge in [-0.25, -0.2) is 4.67 Å². The highest BCUT2D eigenvalue weighted by Gasteiger charge is 2.46. The zero-order valence-corrected chi connectivity index (χ0v) is 12.9. The van der Waals surface area contributed by atoms with Crippen LogP contribution in [0.3, 0.4) is 0 Å². The summed E-state index contributed by atoms with van der Waals surface area (Å²) in [5.74, 6) is 0. The summed E-state index contributed by atoms with van der Waals surface area (Å²) in [6.07, 6.45) is 1.34. The molecule has 1 aliphatic carbocycles. The first-order valence-electron chi connectivity index (χ1n) is 7.07. The SMILES string of the molecule is CC(C)N(C(C)C)P1OC2c3ccccc3C[C@H]2O1. The summed E-state index contributed by atoms with van der Waals surface area (Å²) < 4.78 is 14.8. The number of rotatable bonds is 3. The van der Waals surface area contributed by atoms with Crippen molar-refractivity contribution in [3.05, 3.63) is 35.4 Å². The van der Waals surface area contributed by atoms with Gasteiger partial charge < -0.3 is 9.05 Å². The quantitative estimate of drug-likeness (QED) is 0.779. The van der Waals surface area contributed by atoms with E-state index in [-0.39, 0.29) is 12.2 Å². The Morgan fingerprint density at radius 1 is 1.11 bits per heavy atom. The Morgan fingerprint density at radius 2 is 1.79 bits per heavy atom. The Morgan fingerprint density at radius 3 is 2.47 bits per heavy atom. The standard InChI is InChI=1S/C15H22NO2P/c1-10(2)16(11(3)4)19-17-14-9-12-7-5-6-8-13(12)15(14)18-19/h5-8,10-11,14-15H,9H2,1-4H3/t14-,15?,19?/m1/s1. The van der Waals surface area contributed by atoms with Gasteiger partial charge in [-0.2, -0.15) is 0 Å². The Balaban J connectivity index is 1.79. The van der Waals surface area contributed by atoms with E-state index in [1.807, 2.05) is 0 Å². The van der Waals surface area contributed by atoms with E-state index in [2.05, 4.69) is 56.6 Å². The van der Waals surface area contributed by atoms with Crippen molar-refractivity contribution in [1.82, 2.24) is 4.67 Å². The molecular formula is C15H22NO2P. The molecule has 1 saturated heterocycles. The van der Waals surface area contributed by atoms with Crippen LogP contribution in [0.2, 0.25) is 0 Å². The maximum absolute atomic E-state index is 6.27. The third-order valence-electron chi connectivity index (χ3n) is 3.80. The molecule has 3 atom stereocenters. The predicted molar refractivity (Wildman–Crippen MR) is 77.9 cm³/mol. The Kier molecular flexibility index (Phi) is 3.65. The first-order valence-corrected chi connectivity index (χ1v) is 8.20. The van der Waals surface area contributed by atoms with E-state index in [4.69, 9.17) is 9.05 Å². The lowest BCUT2D eigenvalue weighted by molar-refractivity contribution is 0.176. The summed E-state index contributed by atoms with van der Waals surface area (Å²) in [6, 6.07) is 9.44. The van der Waals surface area contributed by atoms with Gasteiger partial charge >= 0.3 is 0 Å². The second-order valence-corrected chi connectivity index (χ2v) is 7.24. The van der Waals surface area contributed by atoms with Crippen LogP contribution in [0, 0.1) is 0 Å². The Hall–Kier alpha value is -0.470. The fourth-order valence-corrected chi connectivity index (χ4v) is 4.94.